The van der Waals surface area contributed by atoms with Crippen molar-refractivity contribution in [1.29, 1.82) is 0 Å². The standard InChI is InChI=1S/C16H17N3O/c1-12-7-8-15(18-11-12)19-16(20)17-10-9-14-6-4-3-5-13(14)2/h3-11H,1-2H3,(H2,17,18,19,20)/b10-9+. The first-order chi connectivity index (χ1) is 9.65. The number of nitrogens with zero attached hydrogens (tertiary/aromatic N) is 1. The number of hydrogen-bond acceptors (Lipinski definition) is 2. The first-order valence-electron chi connectivity index (χ1n) is 6.37. The van der Waals surface area contributed by atoms with Crippen LogP contribution in [-0.2, 0) is 0 Å². The summed E-state index contributed by atoms with van der Waals surface area (Å²) in [6, 6.07) is 11.3. The zero-order valence-electron chi connectivity index (χ0n) is 11.6. The molecule has 1 aromatic carbocycles. The number of rotatable bonds is 3. The summed E-state index contributed by atoms with van der Waals surface area (Å²) in [6.07, 6.45) is 5.18. The van der Waals surface area contributed by atoms with Crippen LogP contribution in [0.15, 0.2) is 48.8 Å². The molecule has 1 aromatic heterocycles. The van der Waals surface area contributed by atoms with Crippen molar-refractivity contribution in [2.45, 2.75) is 13.8 Å². The van der Waals surface area contributed by atoms with Gasteiger partial charge in [-0.15, -0.1) is 0 Å². The molecule has 0 spiro atoms. The lowest BCUT2D eigenvalue weighted by atomic mass is 10.1. The number of nitrogens with one attached hydrogen (secondary N) is 2. The van der Waals surface area contributed by atoms with Crippen LogP contribution in [0.4, 0.5) is 10.6 Å². The van der Waals surface area contributed by atoms with E-state index in [9.17, 15) is 4.79 Å². The highest BCUT2D eigenvalue weighted by molar-refractivity contribution is 5.89. The molecule has 0 unspecified atom stereocenters. The maximum Gasteiger partial charge on any atom is 0.324 e. The van der Waals surface area contributed by atoms with Gasteiger partial charge in [-0.2, -0.15) is 0 Å². The molecule has 20 heavy (non-hydrogen) atoms. The number of hydrogen-bond donors (Lipinski definition) is 2. The zero-order chi connectivity index (χ0) is 14.4. The molecule has 102 valence electrons. The summed E-state index contributed by atoms with van der Waals surface area (Å²) in [7, 11) is 0. The lowest BCUT2D eigenvalue weighted by molar-refractivity contribution is 0.255. The number of aromatic nitrogens is 1. The Balaban J connectivity index is 1.89. The van der Waals surface area contributed by atoms with Gasteiger partial charge >= 0.3 is 6.03 Å². The molecule has 2 aromatic rings. The van der Waals surface area contributed by atoms with E-state index in [0.717, 1.165) is 16.7 Å². The summed E-state index contributed by atoms with van der Waals surface area (Å²) < 4.78 is 0. The minimum absolute atomic E-state index is 0.314. The van der Waals surface area contributed by atoms with Crippen molar-refractivity contribution in [1.82, 2.24) is 10.3 Å². The molecule has 0 aliphatic heterocycles. The maximum atomic E-state index is 11.7. The van der Waals surface area contributed by atoms with Gasteiger partial charge in [-0.1, -0.05) is 30.3 Å². The highest BCUT2D eigenvalue weighted by atomic mass is 16.2. The molecule has 0 radical (unpaired) electrons. The number of benzene rings is 1. The predicted molar refractivity (Wildman–Crippen MR) is 81.3 cm³/mol. The SMILES string of the molecule is Cc1ccc(NC(=O)N/C=C/c2ccccc2C)nc1. The van der Waals surface area contributed by atoms with Gasteiger partial charge in [0.05, 0.1) is 0 Å². The Bertz CT molecular complexity index is 618. The van der Waals surface area contributed by atoms with Gasteiger partial charge in [-0.3, -0.25) is 5.32 Å². The number of anilines is 1. The molecular formula is C16H17N3O. The number of amides is 2. The van der Waals surface area contributed by atoms with E-state index < -0.39 is 0 Å². The summed E-state index contributed by atoms with van der Waals surface area (Å²) in [4.78, 5) is 15.8. The molecule has 0 saturated heterocycles. The summed E-state index contributed by atoms with van der Waals surface area (Å²) in [5.41, 5.74) is 3.28. The van der Waals surface area contributed by atoms with E-state index in [2.05, 4.69) is 15.6 Å². The Morgan fingerprint density at radius 2 is 1.95 bits per heavy atom. The predicted octanol–water partition coefficient (Wildman–Crippen LogP) is 3.49. The third-order valence-electron chi connectivity index (χ3n) is 2.82. The average Bonchev–Trinajstić information content (AvgIpc) is 2.43. The fourth-order valence-electron chi connectivity index (χ4n) is 1.68. The quantitative estimate of drug-likeness (QED) is 0.894. The molecule has 0 aliphatic carbocycles. The molecule has 4 nitrogen and oxygen atoms in total. The Hall–Kier alpha value is -2.62. The van der Waals surface area contributed by atoms with Crippen molar-refractivity contribution >= 4 is 17.9 Å². The Morgan fingerprint density at radius 1 is 1.15 bits per heavy atom. The van der Waals surface area contributed by atoms with Gasteiger partial charge in [0.15, 0.2) is 0 Å². The molecule has 0 atom stereocenters. The monoisotopic (exact) mass is 267 g/mol. The van der Waals surface area contributed by atoms with Gasteiger partial charge < -0.3 is 5.32 Å². The van der Waals surface area contributed by atoms with Crippen LogP contribution in [0.3, 0.4) is 0 Å². The number of urea groups is 1. The van der Waals surface area contributed by atoms with Crippen LogP contribution < -0.4 is 10.6 Å². The van der Waals surface area contributed by atoms with E-state index in [1.165, 1.54) is 0 Å². The maximum absolute atomic E-state index is 11.7. The van der Waals surface area contributed by atoms with E-state index in [1.54, 1.807) is 18.5 Å². The van der Waals surface area contributed by atoms with E-state index in [-0.39, 0.29) is 6.03 Å². The van der Waals surface area contributed by atoms with E-state index in [4.69, 9.17) is 0 Å². The van der Waals surface area contributed by atoms with Gasteiger partial charge in [0.2, 0.25) is 0 Å². The van der Waals surface area contributed by atoms with Crippen LogP contribution in [0.1, 0.15) is 16.7 Å². The summed E-state index contributed by atoms with van der Waals surface area (Å²) in [5, 5.41) is 5.31. The largest absolute Gasteiger partial charge is 0.324 e. The van der Waals surface area contributed by atoms with Gasteiger partial charge in [0.25, 0.3) is 0 Å². The number of carbonyl (C=O) groups is 1. The fraction of sp³-hybridized carbons (Fsp3) is 0.125. The average molecular weight is 267 g/mol. The minimum atomic E-state index is -0.314. The van der Waals surface area contributed by atoms with Crippen LogP contribution in [0.5, 0.6) is 0 Å². The van der Waals surface area contributed by atoms with Crippen molar-refractivity contribution in [3.63, 3.8) is 0 Å². The molecule has 0 bridgehead atoms. The zero-order valence-corrected chi connectivity index (χ0v) is 11.6. The topological polar surface area (TPSA) is 54.0 Å². The van der Waals surface area contributed by atoms with E-state index in [0.29, 0.717) is 5.82 Å². The lowest BCUT2D eigenvalue weighted by Crippen LogP contribution is -2.24. The van der Waals surface area contributed by atoms with Gasteiger partial charge in [0, 0.05) is 12.4 Å². The highest BCUT2D eigenvalue weighted by Crippen LogP contribution is 2.08. The van der Waals surface area contributed by atoms with Crippen molar-refractivity contribution in [3.05, 3.63) is 65.5 Å². The van der Waals surface area contributed by atoms with Crippen molar-refractivity contribution < 1.29 is 4.79 Å². The Kier molecular flexibility index (Phi) is 4.50. The minimum Gasteiger partial charge on any atom is -0.314 e. The lowest BCUT2D eigenvalue weighted by Gasteiger charge is -2.04. The molecule has 0 aliphatic rings. The molecule has 0 fully saturated rings. The van der Waals surface area contributed by atoms with Crippen LogP contribution in [-0.4, -0.2) is 11.0 Å². The Labute approximate surface area is 118 Å². The van der Waals surface area contributed by atoms with Gasteiger partial charge in [-0.25, -0.2) is 9.78 Å². The van der Waals surface area contributed by atoms with E-state index in [1.807, 2.05) is 50.3 Å². The van der Waals surface area contributed by atoms with Gasteiger partial charge in [-0.05, 0) is 42.7 Å². The summed E-state index contributed by atoms with van der Waals surface area (Å²) in [5.74, 6) is 0.525. The molecular weight excluding hydrogens is 250 g/mol. The molecule has 0 saturated carbocycles. The smallest absolute Gasteiger partial charge is 0.314 e. The molecule has 2 N–H and O–H groups in total. The highest BCUT2D eigenvalue weighted by Gasteiger charge is 1.99. The van der Waals surface area contributed by atoms with Crippen molar-refractivity contribution in [2.75, 3.05) is 5.32 Å². The first-order valence-corrected chi connectivity index (χ1v) is 6.37. The molecule has 2 rings (SSSR count). The number of pyridine rings is 1. The third-order valence-corrected chi connectivity index (χ3v) is 2.82. The van der Waals surface area contributed by atoms with E-state index >= 15 is 0 Å². The second kappa shape index (κ2) is 6.52. The van der Waals surface area contributed by atoms with Crippen molar-refractivity contribution in [2.24, 2.45) is 0 Å². The molecule has 1 heterocycles. The van der Waals surface area contributed by atoms with Gasteiger partial charge in [0.1, 0.15) is 5.82 Å². The normalized spacial score (nSPS) is 10.5. The molecule has 2 amide bonds. The molecule has 4 heteroatoms. The van der Waals surface area contributed by atoms with Crippen LogP contribution in [0, 0.1) is 13.8 Å². The summed E-state index contributed by atoms with van der Waals surface area (Å²) in [6.45, 7) is 3.97. The first kappa shape index (κ1) is 13.8. The second-order valence-electron chi connectivity index (χ2n) is 4.51. The fourth-order valence-corrected chi connectivity index (χ4v) is 1.68. The number of carbonyl (C=O) groups excluding carboxylic acids is 1. The van der Waals surface area contributed by atoms with Crippen LogP contribution in [0.2, 0.25) is 0 Å². The number of aryl methyl sites for hydroxylation is 2. The van der Waals surface area contributed by atoms with Crippen LogP contribution in [0.25, 0.3) is 6.08 Å². The summed E-state index contributed by atoms with van der Waals surface area (Å²) >= 11 is 0. The Morgan fingerprint density at radius 3 is 2.65 bits per heavy atom. The van der Waals surface area contributed by atoms with Crippen LogP contribution >= 0.6 is 0 Å². The second-order valence-corrected chi connectivity index (χ2v) is 4.51. The third kappa shape index (κ3) is 3.95. The van der Waals surface area contributed by atoms with Crippen molar-refractivity contribution in [3.8, 4) is 0 Å².